The summed E-state index contributed by atoms with van der Waals surface area (Å²) in [5.41, 5.74) is 5.56. The molecular formula is C15H12N2O2. The zero-order valence-electron chi connectivity index (χ0n) is 10.2. The number of nitrogens with zero attached hydrogens (tertiary/aromatic N) is 1. The number of rotatable bonds is 2. The van der Waals surface area contributed by atoms with Gasteiger partial charge in [-0.25, -0.2) is 0 Å². The first kappa shape index (κ1) is 11.5. The van der Waals surface area contributed by atoms with Gasteiger partial charge in [0.1, 0.15) is 6.54 Å². The molecule has 0 bridgehead atoms. The van der Waals surface area contributed by atoms with E-state index >= 15 is 0 Å². The Balaban J connectivity index is 1.84. The van der Waals surface area contributed by atoms with E-state index in [2.05, 4.69) is 5.43 Å². The van der Waals surface area contributed by atoms with E-state index in [-0.39, 0.29) is 6.54 Å². The Morgan fingerprint density at radius 3 is 2.05 bits per heavy atom. The Morgan fingerprint density at radius 1 is 0.842 bits per heavy atom. The van der Waals surface area contributed by atoms with Gasteiger partial charge >= 0.3 is 5.91 Å². The van der Waals surface area contributed by atoms with Crippen LogP contribution in [0.1, 0.15) is 0 Å². The summed E-state index contributed by atoms with van der Waals surface area (Å²) in [7, 11) is 0. The third kappa shape index (κ3) is 2.20. The van der Waals surface area contributed by atoms with Gasteiger partial charge in [0.15, 0.2) is 0 Å². The van der Waals surface area contributed by atoms with Crippen LogP contribution < -0.4 is 10.4 Å². The van der Waals surface area contributed by atoms with Gasteiger partial charge in [0, 0.05) is 0 Å². The number of ketones is 1. The lowest BCUT2D eigenvalue weighted by atomic mass is 10.1. The predicted molar refractivity (Wildman–Crippen MR) is 72.4 cm³/mol. The molecule has 4 heteroatoms. The highest BCUT2D eigenvalue weighted by Crippen LogP contribution is 2.23. The van der Waals surface area contributed by atoms with Crippen molar-refractivity contribution in [3.8, 4) is 11.1 Å². The first-order valence-electron chi connectivity index (χ1n) is 6.01. The fourth-order valence-corrected chi connectivity index (χ4v) is 2.06. The molecular weight excluding hydrogens is 240 g/mol. The largest absolute Gasteiger partial charge is 0.307 e. The molecule has 2 aromatic carbocycles. The van der Waals surface area contributed by atoms with E-state index in [1.807, 2.05) is 54.6 Å². The van der Waals surface area contributed by atoms with Crippen LogP contribution in [0.5, 0.6) is 0 Å². The number of nitrogens with one attached hydrogen (secondary N) is 1. The van der Waals surface area contributed by atoms with Crippen molar-refractivity contribution in [1.82, 2.24) is 5.43 Å². The summed E-state index contributed by atoms with van der Waals surface area (Å²) in [4.78, 5) is 22.3. The highest BCUT2D eigenvalue weighted by molar-refractivity contribution is 6.40. The number of hydrogen-bond acceptors (Lipinski definition) is 3. The summed E-state index contributed by atoms with van der Waals surface area (Å²) in [6.45, 7) is 0.0868. The van der Waals surface area contributed by atoms with Gasteiger partial charge in [0.25, 0.3) is 0 Å². The van der Waals surface area contributed by atoms with E-state index in [1.165, 1.54) is 0 Å². The Hall–Kier alpha value is -2.62. The first-order valence-corrected chi connectivity index (χ1v) is 6.01. The van der Waals surface area contributed by atoms with Gasteiger partial charge in [-0.3, -0.25) is 20.0 Å². The summed E-state index contributed by atoms with van der Waals surface area (Å²) < 4.78 is 0. The molecule has 0 radical (unpaired) electrons. The number of benzene rings is 2. The van der Waals surface area contributed by atoms with Crippen molar-refractivity contribution in [2.24, 2.45) is 0 Å². The molecule has 1 saturated heterocycles. The third-order valence-electron chi connectivity index (χ3n) is 3.08. The van der Waals surface area contributed by atoms with Crippen molar-refractivity contribution in [2.45, 2.75) is 0 Å². The van der Waals surface area contributed by atoms with Gasteiger partial charge in [-0.15, -0.1) is 0 Å². The van der Waals surface area contributed by atoms with Crippen LogP contribution in [0.2, 0.25) is 0 Å². The molecule has 19 heavy (non-hydrogen) atoms. The number of carbonyl (C=O) groups excluding carboxylic acids is 2. The summed E-state index contributed by atoms with van der Waals surface area (Å²) in [5.74, 6) is -0.959. The lowest BCUT2D eigenvalue weighted by Gasteiger charge is -2.16. The number of Topliss-reactive ketones (excluding diaryl/α,β-unsaturated/α-hetero) is 1. The molecule has 0 spiro atoms. The second-order valence-electron chi connectivity index (χ2n) is 4.36. The standard InChI is InChI=1S/C15H12N2O2/c18-14-10-17(16-15(14)19)13-8-6-12(7-9-13)11-4-2-1-3-5-11/h1-9H,10H2,(H,16,19). The van der Waals surface area contributed by atoms with Gasteiger partial charge in [-0.05, 0) is 23.3 Å². The molecule has 0 saturated carbocycles. The molecule has 4 nitrogen and oxygen atoms in total. The zero-order chi connectivity index (χ0) is 13.2. The highest BCUT2D eigenvalue weighted by atomic mass is 16.2. The van der Waals surface area contributed by atoms with Crippen molar-refractivity contribution >= 4 is 17.4 Å². The van der Waals surface area contributed by atoms with Crippen LogP contribution in [0.4, 0.5) is 5.69 Å². The van der Waals surface area contributed by atoms with E-state index in [1.54, 1.807) is 5.01 Å². The van der Waals surface area contributed by atoms with Crippen LogP contribution >= 0.6 is 0 Å². The van der Waals surface area contributed by atoms with Gasteiger partial charge in [0.2, 0.25) is 5.78 Å². The fraction of sp³-hybridized carbons (Fsp3) is 0.0667. The molecule has 1 aliphatic rings. The summed E-state index contributed by atoms with van der Waals surface area (Å²) in [5, 5.41) is 1.56. The number of hydrogen-bond donors (Lipinski definition) is 1. The van der Waals surface area contributed by atoms with Crippen molar-refractivity contribution in [1.29, 1.82) is 0 Å². The third-order valence-corrected chi connectivity index (χ3v) is 3.08. The topological polar surface area (TPSA) is 49.4 Å². The van der Waals surface area contributed by atoms with Crippen LogP contribution in [0.25, 0.3) is 11.1 Å². The molecule has 0 aromatic heterocycles. The summed E-state index contributed by atoms with van der Waals surface area (Å²) in [6.07, 6.45) is 0. The van der Waals surface area contributed by atoms with Crippen LogP contribution in [0, 0.1) is 0 Å². The quantitative estimate of drug-likeness (QED) is 0.829. The van der Waals surface area contributed by atoms with Crippen molar-refractivity contribution in [2.75, 3.05) is 11.6 Å². The molecule has 2 aromatic rings. The molecule has 0 atom stereocenters. The molecule has 3 rings (SSSR count). The van der Waals surface area contributed by atoms with Gasteiger partial charge in [-0.1, -0.05) is 42.5 Å². The minimum absolute atomic E-state index is 0.0868. The first-order chi connectivity index (χ1) is 9.24. The SMILES string of the molecule is O=C1CN(c2ccc(-c3ccccc3)cc2)NC1=O. The van der Waals surface area contributed by atoms with Crippen LogP contribution in [0.15, 0.2) is 54.6 Å². The normalized spacial score (nSPS) is 14.6. The average Bonchev–Trinajstić information content (AvgIpc) is 2.80. The molecule has 1 heterocycles. The Bertz CT molecular complexity index is 604. The Labute approximate surface area is 110 Å². The second kappa shape index (κ2) is 4.57. The van der Waals surface area contributed by atoms with Crippen LogP contribution in [-0.2, 0) is 9.59 Å². The van der Waals surface area contributed by atoms with Crippen LogP contribution in [-0.4, -0.2) is 18.2 Å². The van der Waals surface area contributed by atoms with Crippen molar-refractivity contribution in [3.05, 3.63) is 54.6 Å². The average molecular weight is 252 g/mol. The van der Waals surface area contributed by atoms with Crippen molar-refractivity contribution < 1.29 is 9.59 Å². The Morgan fingerprint density at radius 2 is 1.47 bits per heavy atom. The maximum atomic E-state index is 11.2. The Kier molecular flexibility index (Phi) is 2.76. The van der Waals surface area contributed by atoms with Crippen LogP contribution in [0.3, 0.4) is 0 Å². The lowest BCUT2D eigenvalue weighted by Crippen LogP contribution is -2.32. The van der Waals surface area contributed by atoms with E-state index in [9.17, 15) is 9.59 Å². The molecule has 1 fully saturated rings. The molecule has 0 unspecified atom stereocenters. The molecule has 1 aliphatic heterocycles. The number of hydrazine groups is 1. The van der Waals surface area contributed by atoms with E-state index < -0.39 is 11.7 Å². The molecule has 0 aliphatic carbocycles. The number of carbonyl (C=O) groups is 2. The highest BCUT2D eigenvalue weighted by Gasteiger charge is 2.27. The number of anilines is 1. The van der Waals surface area contributed by atoms with Crippen molar-refractivity contribution in [3.63, 3.8) is 0 Å². The second-order valence-corrected chi connectivity index (χ2v) is 4.36. The van der Waals surface area contributed by atoms with Gasteiger partial charge in [0.05, 0.1) is 5.69 Å². The minimum atomic E-state index is -0.549. The maximum Gasteiger partial charge on any atom is 0.307 e. The van der Waals surface area contributed by atoms with Gasteiger partial charge < -0.3 is 0 Å². The summed E-state index contributed by atoms with van der Waals surface area (Å²) >= 11 is 0. The van der Waals surface area contributed by atoms with Gasteiger partial charge in [-0.2, -0.15) is 0 Å². The molecule has 1 N–H and O–H groups in total. The summed E-state index contributed by atoms with van der Waals surface area (Å²) in [6, 6.07) is 17.8. The van der Waals surface area contributed by atoms with E-state index in [4.69, 9.17) is 0 Å². The molecule has 94 valence electrons. The smallest absolute Gasteiger partial charge is 0.287 e. The van der Waals surface area contributed by atoms with E-state index in [0.717, 1.165) is 16.8 Å². The maximum absolute atomic E-state index is 11.2. The van der Waals surface area contributed by atoms with E-state index in [0.29, 0.717) is 0 Å². The zero-order valence-corrected chi connectivity index (χ0v) is 10.2. The predicted octanol–water partition coefficient (Wildman–Crippen LogP) is 1.77. The molecule has 1 amide bonds. The lowest BCUT2D eigenvalue weighted by molar-refractivity contribution is -0.134. The number of amides is 1. The fourth-order valence-electron chi connectivity index (χ4n) is 2.06. The minimum Gasteiger partial charge on any atom is -0.287 e. The monoisotopic (exact) mass is 252 g/mol.